The quantitative estimate of drug-likeness (QED) is 0.560. The molecule has 1 rings (SSSR count). The normalized spacial score (nSPS) is 13.8. The molecule has 0 fully saturated rings. The number of rotatable bonds is 5. The molecule has 0 aliphatic heterocycles. The smallest absolute Gasteiger partial charge is 0.320 e. The maximum Gasteiger partial charge on any atom is 0.320 e. The number of aliphatic carboxylic acids is 1. The summed E-state index contributed by atoms with van der Waals surface area (Å²) in [6.07, 6.45) is 0. The fraction of sp³-hybridized carbons (Fsp3) is 0.273. The molecule has 0 radical (unpaired) electrons. The number of carboxylic acid groups (broad SMARTS) is 1. The molecule has 0 heterocycles. The first-order valence-electron chi connectivity index (χ1n) is 4.82. The van der Waals surface area contributed by atoms with E-state index in [0.29, 0.717) is 0 Å². The van der Waals surface area contributed by atoms with Gasteiger partial charge in [0.1, 0.15) is 17.1 Å². The second-order valence-corrected chi connectivity index (χ2v) is 4.43. The van der Waals surface area contributed by atoms with Crippen LogP contribution in [0.25, 0.3) is 0 Å². The molecule has 0 aliphatic carbocycles. The van der Waals surface area contributed by atoms with Gasteiger partial charge in [0.15, 0.2) is 0 Å². The van der Waals surface area contributed by atoms with Crippen LogP contribution in [0.4, 0.5) is 0 Å². The lowest BCUT2D eigenvalue weighted by atomic mass is 10.2. The van der Waals surface area contributed by atoms with Crippen LogP contribution in [0.3, 0.4) is 0 Å². The summed E-state index contributed by atoms with van der Waals surface area (Å²) in [4.78, 5) is 22.0. The predicted molar refractivity (Wildman–Crippen MR) is 69.4 cm³/mol. The average Bonchev–Trinajstić information content (AvgIpc) is 2.35. The van der Waals surface area contributed by atoms with Crippen LogP contribution in [0, 0.1) is 0 Å². The van der Waals surface area contributed by atoms with Crippen LogP contribution >= 0.6 is 25.3 Å². The van der Waals surface area contributed by atoms with Gasteiger partial charge < -0.3 is 9.84 Å². The van der Waals surface area contributed by atoms with Gasteiger partial charge in [-0.1, -0.05) is 30.3 Å². The van der Waals surface area contributed by atoms with Gasteiger partial charge in [0.05, 0.1) is 0 Å². The average molecular weight is 272 g/mol. The van der Waals surface area contributed by atoms with Crippen molar-refractivity contribution in [1.82, 2.24) is 0 Å². The number of thiol groups is 2. The van der Waals surface area contributed by atoms with Gasteiger partial charge in [-0.25, -0.2) is 0 Å². The number of hydrogen-bond acceptors (Lipinski definition) is 5. The largest absolute Gasteiger partial charge is 0.480 e. The molecule has 92 valence electrons. The van der Waals surface area contributed by atoms with E-state index in [2.05, 4.69) is 25.3 Å². The molecule has 6 heteroatoms. The van der Waals surface area contributed by atoms with Crippen molar-refractivity contribution in [1.29, 1.82) is 0 Å². The SMILES string of the molecule is O=C(O)[C@@H](S)[C@@H](S)C(=O)OCc1ccccc1. The monoisotopic (exact) mass is 272 g/mol. The second-order valence-electron chi connectivity index (χ2n) is 3.32. The van der Waals surface area contributed by atoms with E-state index in [0.717, 1.165) is 5.56 Å². The summed E-state index contributed by atoms with van der Waals surface area (Å²) in [5.74, 6) is -1.90. The Morgan fingerprint density at radius 3 is 2.29 bits per heavy atom. The van der Waals surface area contributed by atoms with E-state index in [9.17, 15) is 9.59 Å². The van der Waals surface area contributed by atoms with E-state index in [1.54, 1.807) is 12.1 Å². The highest BCUT2D eigenvalue weighted by Gasteiger charge is 2.28. The molecule has 2 atom stereocenters. The molecule has 0 aliphatic rings. The third-order valence-electron chi connectivity index (χ3n) is 2.02. The minimum absolute atomic E-state index is 0.0941. The number of carbonyl (C=O) groups is 2. The van der Waals surface area contributed by atoms with Crippen molar-refractivity contribution < 1.29 is 19.4 Å². The molecule has 1 N–H and O–H groups in total. The summed E-state index contributed by atoms with van der Waals surface area (Å²) in [6, 6.07) is 9.09. The van der Waals surface area contributed by atoms with E-state index in [-0.39, 0.29) is 6.61 Å². The van der Waals surface area contributed by atoms with Crippen molar-refractivity contribution >= 4 is 37.2 Å². The first-order chi connectivity index (χ1) is 8.02. The molecule has 17 heavy (non-hydrogen) atoms. The zero-order valence-electron chi connectivity index (χ0n) is 8.81. The molecule has 0 amide bonds. The van der Waals surface area contributed by atoms with Crippen molar-refractivity contribution in [3.8, 4) is 0 Å². The van der Waals surface area contributed by atoms with Crippen LogP contribution in [0.5, 0.6) is 0 Å². The van der Waals surface area contributed by atoms with Gasteiger partial charge >= 0.3 is 11.9 Å². The van der Waals surface area contributed by atoms with Gasteiger partial charge in [-0.05, 0) is 5.56 Å². The molecule has 4 nitrogen and oxygen atoms in total. The predicted octanol–water partition coefficient (Wildman–Crippen LogP) is 1.41. The maximum absolute atomic E-state index is 11.5. The molecular formula is C11H12O4S2. The summed E-state index contributed by atoms with van der Waals surface area (Å²) < 4.78 is 4.93. The Labute approximate surface area is 110 Å². The molecule has 1 aromatic rings. The molecule has 1 aromatic carbocycles. The van der Waals surface area contributed by atoms with Crippen LogP contribution in [0.2, 0.25) is 0 Å². The highest BCUT2D eigenvalue weighted by Crippen LogP contribution is 2.12. The van der Waals surface area contributed by atoms with Crippen LogP contribution in [-0.4, -0.2) is 27.5 Å². The maximum atomic E-state index is 11.5. The lowest BCUT2D eigenvalue weighted by Gasteiger charge is -2.13. The Kier molecular flexibility index (Phi) is 5.37. The molecule has 0 aromatic heterocycles. The van der Waals surface area contributed by atoms with Crippen molar-refractivity contribution in [2.75, 3.05) is 0 Å². The van der Waals surface area contributed by atoms with Crippen molar-refractivity contribution in [3.63, 3.8) is 0 Å². The minimum Gasteiger partial charge on any atom is -0.480 e. The van der Waals surface area contributed by atoms with Gasteiger partial charge in [-0.15, -0.1) is 0 Å². The zero-order chi connectivity index (χ0) is 12.8. The summed E-state index contributed by atoms with van der Waals surface area (Å²) in [7, 11) is 0. The highest BCUT2D eigenvalue weighted by molar-refractivity contribution is 7.86. The summed E-state index contributed by atoms with van der Waals surface area (Å²) in [6.45, 7) is 0.0941. The lowest BCUT2D eigenvalue weighted by Crippen LogP contribution is -2.33. The van der Waals surface area contributed by atoms with Crippen LogP contribution in [-0.2, 0) is 20.9 Å². The van der Waals surface area contributed by atoms with E-state index in [1.165, 1.54) is 0 Å². The Morgan fingerprint density at radius 1 is 1.18 bits per heavy atom. The molecular weight excluding hydrogens is 260 g/mol. The fourth-order valence-electron chi connectivity index (χ4n) is 1.08. The zero-order valence-corrected chi connectivity index (χ0v) is 10.6. The van der Waals surface area contributed by atoms with E-state index in [1.807, 2.05) is 18.2 Å². The molecule has 0 bridgehead atoms. The van der Waals surface area contributed by atoms with Gasteiger partial charge in [0.2, 0.25) is 0 Å². The number of carboxylic acids is 1. The van der Waals surface area contributed by atoms with E-state index < -0.39 is 22.4 Å². The third kappa shape index (κ3) is 4.32. The number of hydrogen-bond donors (Lipinski definition) is 3. The third-order valence-corrected chi connectivity index (χ3v) is 3.28. The highest BCUT2D eigenvalue weighted by atomic mass is 32.1. The van der Waals surface area contributed by atoms with Gasteiger partial charge in [-0.2, -0.15) is 25.3 Å². The Morgan fingerprint density at radius 2 is 1.76 bits per heavy atom. The molecule has 0 saturated carbocycles. The number of benzene rings is 1. The number of esters is 1. The summed E-state index contributed by atoms with van der Waals surface area (Å²) in [5.41, 5.74) is 0.826. The van der Waals surface area contributed by atoms with Crippen molar-refractivity contribution in [2.45, 2.75) is 17.1 Å². The Hall–Kier alpha value is -1.14. The molecule has 0 unspecified atom stereocenters. The lowest BCUT2D eigenvalue weighted by molar-refractivity contribution is -0.147. The number of carbonyl (C=O) groups excluding carboxylic acids is 1. The van der Waals surface area contributed by atoms with Crippen LogP contribution < -0.4 is 0 Å². The molecule has 0 spiro atoms. The molecule has 0 saturated heterocycles. The van der Waals surface area contributed by atoms with Crippen molar-refractivity contribution in [2.24, 2.45) is 0 Å². The second kappa shape index (κ2) is 6.56. The van der Waals surface area contributed by atoms with Crippen LogP contribution in [0.1, 0.15) is 5.56 Å². The van der Waals surface area contributed by atoms with Crippen molar-refractivity contribution in [3.05, 3.63) is 35.9 Å². The van der Waals surface area contributed by atoms with Crippen LogP contribution in [0.15, 0.2) is 30.3 Å². The topological polar surface area (TPSA) is 63.6 Å². The Balaban J connectivity index is 2.47. The van der Waals surface area contributed by atoms with E-state index >= 15 is 0 Å². The van der Waals surface area contributed by atoms with Gasteiger partial charge in [-0.3, -0.25) is 9.59 Å². The Bertz CT molecular complexity index is 394. The summed E-state index contributed by atoms with van der Waals surface area (Å²) >= 11 is 7.64. The fourth-order valence-corrected chi connectivity index (χ4v) is 1.40. The van der Waals surface area contributed by atoms with Gasteiger partial charge in [0, 0.05) is 0 Å². The first-order valence-corrected chi connectivity index (χ1v) is 5.85. The van der Waals surface area contributed by atoms with E-state index in [4.69, 9.17) is 9.84 Å². The standard InChI is InChI=1S/C11H12O4S2/c12-10(13)8(16)9(17)11(14)15-6-7-4-2-1-3-5-7/h1-5,8-9,16-17H,6H2,(H,12,13)/t8-,9+/m0/s1. The first kappa shape index (κ1) is 13.9. The van der Waals surface area contributed by atoms with Gasteiger partial charge in [0.25, 0.3) is 0 Å². The summed E-state index contributed by atoms with van der Waals surface area (Å²) in [5, 5.41) is 6.39. The minimum atomic E-state index is -1.20. The number of ether oxygens (including phenoxy) is 1.